The van der Waals surface area contributed by atoms with Crippen LogP contribution in [-0.2, 0) is 24.3 Å². The van der Waals surface area contributed by atoms with Crippen molar-refractivity contribution in [2.75, 3.05) is 32.5 Å². The number of rotatable bonds is 4. The number of amides is 1. The normalized spacial score (nSPS) is 26.9. The van der Waals surface area contributed by atoms with E-state index >= 15 is 0 Å². The largest absolute Gasteiger partial charge is 0.466 e. The zero-order valence-electron chi connectivity index (χ0n) is 13.2. The molecule has 2 fully saturated rings. The Hall–Kier alpha value is -1.15. The van der Waals surface area contributed by atoms with Gasteiger partial charge in [-0.2, -0.15) is 4.31 Å². The van der Waals surface area contributed by atoms with Gasteiger partial charge in [0.05, 0.1) is 18.8 Å². The number of ether oxygens (including phenoxy) is 1. The van der Waals surface area contributed by atoms with Crippen molar-refractivity contribution < 1.29 is 22.7 Å². The smallest absolute Gasteiger partial charge is 0.310 e. The summed E-state index contributed by atoms with van der Waals surface area (Å²) in [5.74, 6) is -0.756. The molecule has 0 N–H and O–H groups in total. The maximum Gasteiger partial charge on any atom is 0.310 e. The molecule has 0 aromatic rings. The first-order valence-electron chi connectivity index (χ1n) is 7.76. The lowest BCUT2D eigenvalue weighted by molar-refractivity contribution is -0.151. The van der Waals surface area contributed by atoms with E-state index in [0.29, 0.717) is 45.5 Å². The Morgan fingerprint density at radius 1 is 1.18 bits per heavy atom. The van der Waals surface area contributed by atoms with Crippen molar-refractivity contribution in [2.45, 2.75) is 38.6 Å². The predicted molar refractivity (Wildman–Crippen MR) is 80.5 cm³/mol. The number of nitrogens with zero attached hydrogens (tertiary/aromatic N) is 2. The number of piperidine rings is 1. The second kappa shape index (κ2) is 6.95. The second-order valence-electron chi connectivity index (χ2n) is 5.91. The standard InChI is InChI=1S/C14H24N2O5S/c1-3-21-14(18)11-6-4-8-15(10-11)13(17)12-7-5-9-16(12)22(2,19)20/h11-12H,3-10H2,1-2H3. The quantitative estimate of drug-likeness (QED) is 0.687. The first kappa shape index (κ1) is 17.2. The minimum atomic E-state index is -3.38. The number of carbonyl (C=O) groups is 2. The SMILES string of the molecule is CCOC(=O)C1CCCN(C(=O)C2CCCN2S(C)(=O)=O)C1. The summed E-state index contributed by atoms with van der Waals surface area (Å²) in [4.78, 5) is 26.1. The summed E-state index contributed by atoms with van der Waals surface area (Å²) >= 11 is 0. The Bertz CT molecular complexity index is 533. The fourth-order valence-electron chi connectivity index (χ4n) is 3.22. The van der Waals surface area contributed by atoms with E-state index < -0.39 is 16.1 Å². The average molecular weight is 332 g/mol. The van der Waals surface area contributed by atoms with Gasteiger partial charge in [-0.15, -0.1) is 0 Å². The fraction of sp³-hybridized carbons (Fsp3) is 0.857. The molecular weight excluding hydrogens is 308 g/mol. The fourth-order valence-corrected chi connectivity index (χ4v) is 4.34. The molecule has 0 spiro atoms. The number of hydrogen-bond acceptors (Lipinski definition) is 5. The molecule has 2 aliphatic rings. The van der Waals surface area contributed by atoms with Crippen molar-refractivity contribution in [2.24, 2.45) is 5.92 Å². The maximum absolute atomic E-state index is 12.7. The van der Waals surface area contributed by atoms with Gasteiger partial charge in [0.2, 0.25) is 15.9 Å². The van der Waals surface area contributed by atoms with Crippen molar-refractivity contribution in [3.63, 3.8) is 0 Å². The minimum absolute atomic E-state index is 0.183. The summed E-state index contributed by atoms with van der Waals surface area (Å²) in [6, 6.07) is -0.615. The average Bonchev–Trinajstić information content (AvgIpc) is 2.96. The monoisotopic (exact) mass is 332 g/mol. The predicted octanol–water partition coefficient (Wildman–Crippen LogP) is 0.212. The van der Waals surface area contributed by atoms with E-state index in [1.165, 1.54) is 4.31 Å². The van der Waals surface area contributed by atoms with E-state index in [9.17, 15) is 18.0 Å². The summed E-state index contributed by atoms with van der Waals surface area (Å²) in [6.07, 6.45) is 3.82. The third kappa shape index (κ3) is 3.78. The van der Waals surface area contributed by atoms with Gasteiger partial charge in [-0.25, -0.2) is 8.42 Å². The molecule has 0 aromatic carbocycles. The molecule has 0 aromatic heterocycles. The molecule has 2 aliphatic heterocycles. The highest BCUT2D eigenvalue weighted by atomic mass is 32.2. The van der Waals surface area contributed by atoms with Crippen LogP contribution >= 0.6 is 0 Å². The molecule has 126 valence electrons. The Balaban J connectivity index is 2.04. The van der Waals surface area contributed by atoms with Gasteiger partial charge < -0.3 is 9.64 Å². The number of carbonyl (C=O) groups excluding carboxylic acids is 2. The van der Waals surface area contributed by atoms with E-state index in [1.54, 1.807) is 11.8 Å². The number of esters is 1. The van der Waals surface area contributed by atoms with Crippen LogP contribution < -0.4 is 0 Å². The van der Waals surface area contributed by atoms with Gasteiger partial charge in [0.25, 0.3) is 0 Å². The molecule has 2 rings (SSSR count). The molecule has 1 amide bonds. The Morgan fingerprint density at radius 2 is 1.86 bits per heavy atom. The Labute approximate surface area is 131 Å². The van der Waals surface area contributed by atoms with E-state index in [2.05, 4.69) is 0 Å². The summed E-state index contributed by atoms with van der Waals surface area (Å²) in [5, 5.41) is 0. The van der Waals surface area contributed by atoms with Gasteiger partial charge in [0, 0.05) is 19.6 Å². The molecule has 22 heavy (non-hydrogen) atoms. The van der Waals surface area contributed by atoms with Crippen molar-refractivity contribution in [3.05, 3.63) is 0 Å². The maximum atomic E-state index is 12.7. The topological polar surface area (TPSA) is 84.0 Å². The van der Waals surface area contributed by atoms with Crippen LogP contribution in [0.2, 0.25) is 0 Å². The van der Waals surface area contributed by atoms with Gasteiger partial charge in [0.15, 0.2) is 0 Å². The molecule has 2 atom stereocenters. The highest BCUT2D eigenvalue weighted by Gasteiger charge is 2.40. The van der Waals surface area contributed by atoms with Crippen LogP contribution in [0.1, 0.15) is 32.6 Å². The Kier molecular flexibility index (Phi) is 5.44. The summed E-state index contributed by atoms with van der Waals surface area (Å²) in [7, 11) is -3.38. The third-order valence-electron chi connectivity index (χ3n) is 4.27. The molecular formula is C14H24N2O5S. The number of hydrogen-bond donors (Lipinski definition) is 0. The van der Waals surface area contributed by atoms with Gasteiger partial charge in [0.1, 0.15) is 6.04 Å². The second-order valence-corrected chi connectivity index (χ2v) is 7.84. The summed E-state index contributed by atoms with van der Waals surface area (Å²) < 4.78 is 29.8. The van der Waals surface area contributed by atoms with Crippen molar-refractivity contribution >= 4 is 21.9 Å². The van der Waals surface area contributed by atoms with Crippen LogP contribution in [0.3, 0.4) is 0 Å². The van der Waals surface area contributed by atoms with Gasteiger partial charge in [-0.05, 0) is 32.6 Å². The molecule has 7 nitrogen and oxygen atoms in total. The van der Waals surface area contributed by atoms with Crippen LogP contribution in [0.25, 0.3) is 0 Å². The lowest BCUT2D eigenvalue weighted by Gasteiger charge is -2.34. The Morgan fingerprint density at radius 3 is 2.50 bits per heavy atom. The van der Waals surface area contributed by atoms with Crippen molar-refractivity contribution in [3.8, 4) is 0 Å². The zero-order valence-corrected chi connectivity index (χ0v) is 14.0. The van der Waals surface area contributed by atoms with Gasteiger partial charge in [-0.3, -0.25) is 9.59 Å². The lowest BCUT2D eigenvalue weighted by atomic mass is 9.97. The van der Waals surface area contributed by atoms with Gasteiger partial charge >= 0.3 is 5.97 Å². The molecule has 2 unspecified atom stereocenters. The van der Waals surface area contributed by atoms with Crippen LogP contribution in [-0.4, -0.2) is 68.0 Å². The number of sulfonamides is 1. The van der Waals surface area contributed by atoms with E-state index in [-0.39, 0.29) is 17.8 Å². The van der Waals surface area contributed by atoms with Crippen LogP contribution in [0, 0.1) is 5.92 Å². The van der Waals surface area contributed by atoms with Crippen LogP contribution in [0.15, 0.2) is 0 Å². The third-order valence-corrected chi connectivity index (χ3v) is 5.56. The molecule has 0 aliphatic carbocycles. The van der Waals surface area contributed by atoms with Gasteiger partial charge in [-0.1, -0.05) is 0 Å². The van der Waals surface area contributed by atoms with Crippen molar-refractivity contribution in [1.82, 2.24) is 9.21 Å². The molecule has 2 saturated heterocycles. The van der Waals surface area contributed by atoms with E-state index in [1.807, 2.05) is 0 Å². The highest BCUT2D eigenvalue weighted by Crippen LogP contribution is 2.25. The number of likely N-dealkylation sites (tertiary alicyclic amines) is 1. The van der Waals surface area contributed by atoms with E-state index in [4.69, 9.17) is 4.74 Å². The molecule has 0 saturated carbocycles. The lowest BCUT2D eigenvalue weighted by Crippen LogP contribution is -2.51. The summed E-state index contributed by atoms with van der Waals surface area (Å²) in [5.41, 5.74) is 0. The molecule has 0 radical (unpaired) electrons. The highest BCUT2D eigenvalue weighted by molar-refractivity contribution is 7.88. The summed E-state index contributed by atoms with van der Waals surface area (Å²) in [6.45, 7) is 3.37. The van der Waals surface area contributed by atoms with Crippen LogP contribution in [0.4, 0.5) is 0 Å². The molecule has 2 heterocycles. The van der Waals surface area contributed by atoms with Crippen LogP contribution in [0.5, 0.6) is 0 Å². The van der Waals surface area contributed by atoms with E-state index in [0.717, 1.165) is 12.7 Å². The van der Waals surface area contributed by atoms with Crippen molar-refractivity contribution in [1.29, 1.82) is 0 Å². The molecule has 0 bridgehead atoms. The minimum Gasteiger partial charge on any atom is -0.466 e. The molecule has 8 heteroatoms. The first-order valence-corrected chi connectivity index (χ1v) is 9.61. The zero-order chi connectivity index (χ0) is 16.3. The first-order chi connectivity index (χ1) is 10.3.